The fourth-order valence-corrected chi connectivity index (χ4v) is 4.01. The van der Waals surface area contributed by atoms with Gasteiger partial charge in [0.1, 0.15) is 23.7 Å². The van der Waals surface area contributed by atoms with Crippen LogP contribution in [0.25, 0.3) is 11.2 Å². The number of aryl methyl sites for hydroxylation is 1. The van der Waals surface area contributed by atoms with E-state index >= 15 is 0 Å². The van der Waals surface area contributed by atoms with Crippen molar-refractivity contribution in [2.24, 2.45) is 0 Å². The number of aromatic nitrogens is 6. The van der Waals surface area contributed by atoms with Crippen LogP contribution in [-0.2, 0) is 4.79 Å². The Hall–Kier alpha value is -2.82. The summed E-state index contributed by atoms with van der Waals surface area (Å²) >= 11 is 1.40. The Bertz CT molecular complexity index is 968. The highest BCUT2D eigenvalue weighted by Crippen LogP contribution is 2.22. The Kier molecular flexibility index (Phi) is 4.60. The minimum Gasteiger partial charge on any atom is -0.382 e. The second-order valence-electron chi connectivity index (χ2n) is 6.55. The van der Waals surface area contributed by atoms with E-state index in [9.17, 15) is 4.79 Å². The highest BCUT2D eigenvalue weighted by Gasteiger charge is 2.26. The van der Waals surface area contributed by atoms with Crippen LogP contribution in [0.2, 0.25) is 0 Å². The molecule has 1 unspecified atom stereocenters. The van der Waals surface area contributed by atoms with Crippen LogP contribution in [0.4, 0.5) is 10.9 Å². The number of rotatable bonds is 3. The lowest BCUT2D eigenvalue weighted by molar-refractivity contribution is -0.134. The average molecular weight is 387 g/mol. The van der Waals surface area contributed by atoms with Crippen molar-refractivity contribution in [3.8, 4) is 0 Å². The van der Waals surface area contributed by atoms with Crippen molar-refractivity contribution < 1.29 is 4.79 Å². The third-order valence-corrected chi connectivity index (χ3v) is 5.62. The maximum atomic E-state index is 13.1. The van der Waals surface area contributed by atoms with Gasteiger partial charge in [0.2, 0.25) is 11.0 Å². The van der Waals surface area contributed by atoms with E-state index in [2.05, 4.69) is 29.2 Å². The second kappa shape index (κ2) is 7.06. The van der Waals surface area contributed by atoms with Crippen LogP contribution in [0.5, 0.6) is 0 Å². The molecule has 3 aromatic heterocycles. The molecule has 1 amide bonds. The number of carbonyl (C=O) groups excluding carboxylic acids is 1. The molecule has 1 fully saturated rings. The lowest BCUT2D eigenvalue weighted by atomic mass is 10.2. The molecule has 142 valence electrons. The summed E-state index contributed by atoms with van der Waals surface area (Å²) in [6, 6.07) is -0.417. The number of hydrogen-bond acceptors (Lipinski definition) is 9. The molecule has 2 N–H and O–H groups in total. The van der Waals surface area contributed by atoms with Gasteiger partial charge in [-0.05, 0) is 20.3 Å². The highest BCUT2D eigenvalue weighted by molar-refractivity contribution is 7.09. The largest absolute Gasteiger partial charge is 0.382 e. The molecule has 1 aliphatic rings. The molecule has 11 heteroatoms. The number of imidazole rings is 1. The van der Waals surface area contributed by atoms with Crippen molar-refractivity contribution >= 4 is 39.6 Å². The van der Waals surface area contributed by atoms with Crippen molar-refractivity contribution in [2.75, 3.05) is 36.8 Å². The maximum Gasteiger partial charge on any atom is 0.245 e. The molecule has 4 heterocycles. The first-order chi connectivity index (χ1) is 13.0. The summed E-state index contributed by atoms with van der Waals surface area (Å²) in [5.41, 5.74) is 6.94. The van der Waals surface area contributed by atoms with Crippen molar-refractivity contribution in [3.63, 3.8) is 0 Å². The molecule has 27 heavy (non-hydrogen) atoms. The first-order valence-electron chi connectivity index (χ1n) is 8.81. The van der Waals surface area contributed by atoms with Gasteiger partial charge in [-0.25, -0.2) is 19.9 Å². The van der Waals surface area contributed by atoms with Crippen LogP contribution in [0, 0.1) is 6.92 Å². The van der Waals surface area contributed by atoms with Crippen LogP contribution in [-0.4, -0.2) is 65.9 Å². The van der Waals surface area contributed by atoms with E-state index in [4.69, 9.17) is 5.73 Å². The number of amides is 1. The monoisotopic (exact) mass is 387 g/mol. The Morgan fingerprint density at radius 1 is 1.22 bits per heavy atom. The topological polar surface area (TPSA) is 119 Å². The minimum absolute atomic E-state index is 0.0433. The lowest BCUT2D eigenvalue weighted by Crippen LogP contribution is -2.39. The summed E-state index contributed by atoms with van der Waals surface area (Å²) in [4.78, 5) is 34.1. The van der Waals surface area contributed by atoms with Crippen molar-refractivity contribution in [1.82, 2.24) is 33.8 Å². The number of fused-ring (bicyclic) bond motifs is 1. The van der Waals surface area contributed by atoms with Gasteiger partial charge >= 0.3 is 0 Å². The molecule has 1 saturated heterocycles. The molecule has 0 spiro atoms. The third-order valence-electron chi connectivity index (χ3n) is 4.76. The number of carbonyl (C=O) groups is 1. The molecule has 0 aromatic carbocycles. The maximum absolute atomic E-state index is 13.1. The van der Waals surface area contributed by atoms with E-state index < -0.39 is 6.04 Å². The lowest BCUT2D eigenvalue weighted by Gasteiger charge is -2.25. The molecule has 10 nitrogen and oxygen atoms in total. The van der Waals surface area contributed by atoms with Crippen molar-refractivity contribution in [2.45, 2.75) is 26.3 Å². The van der Waals surface area contributed by atoms with Gasteiger partial charge in [-0.1, -0.05) is 0 Å². The number of nitrogen functional groups attached to an aromatic ring is 1. The van der Waals surface area contributed by atoms with Gasteiger partial charge in [0.25, 0.3) is 0 Å². The van der Waals surface area contributed by atoms with E-state index in [1.54, 1.807) is 10.9 Å². The second-order valence-corrected chi connectivity index (χ2v) is 7.28. The van der Waals surface area contributed by atoms with Gasteiger partial charge in [0.05, 0.1) is 6.33 Å². The molecular weight excluding hydrogens is 366 g/mol. The average Bonchev–Trinajstić information content (AvgIpc) is 3.21. The van der Waals surface area contributed by atoms with Gasteiger partial charge in [0, 0.05) is 37.7 Å². The van der Waals surface area contributed by atoms with Crippen LogP contribution in [0.15, 0.2) is 12.7 Å². The molecular formula is C16H21N9OS. The fourth-order valence-electron chi connectivity index (χ4n) is 3.28. The van der Waals surface area contributed by atoms with Crippen LogP contribution in [0.3, 0.4) is 0 Å². The summed E-state index contributed by atoms with van der Waals surface area (Å²) < 4.78 is 6.01. The van der Waals surface area contributed by atoms with Crippen molar-refractivity contribution in [3.05, 3.63) is 18.5 Å². The first-order valence-corrected chi connectivity index (χ1v) is 9.59. The van der Waals surface area contributed by atoms with Gasteiger partial charge < -0.3 is 20.1 Å². The predicted molar refractivity (Wildman–Crippen MR) is 103 cm³/mol. The van der Waals surface area contributed by atoms with Crippen LogP contribution >= 0.6 is 11.5 Å². The number of anilines is 2. The van der Waals surface area contributed by atoms with E-state index in [0.29, 0.717) is 30.1 Å². The Morgan fingerprint density at radius 3 is 2.85 bits per heavy atom. The standard InChI is InChI=1S/C16H21N9OS/c1-10(25-9-20-12-13(17)18-8-19-14(12)25)15(26)23-4-3-5-24(7-6-23)16-21-11(2)22-27-16/h8-10H,3-7H2,1-2H3,(H2,17,18,19). The SMILES string of the molecule is Cc1nsc(N2CCCN(C(=O)C(C)n3cnc4c(N)ncnc43)CC2)n1. The number of hydrogen-bond donors (Lipinski definition) is 1. The molecule has 0 aliphatic carbocycles. The van der Waals surface area contributed by atoms with E-state index in [1.165, 1.54) is 17.9 Å². The van der Waals surface area contributed by atoms with E-state index in [0.717, 1.165) is 30.5 Å². The molecule has 0 saturated carbocycles. The normalized spacial score (nSPS) is 16.5. The summed E-state index contributed by atoms with van der Waals surface area (Å²) in [6.45, 7) is 6.71. The van der Waals surface area contributed by atoms with E-state index in [1.807, 2.05) is 18.7 Å². The van der Waals surface area contributed by atoms with Crippen LogP contribution in [0.1, 0.15) is 25.2 Å². The number of nitrogens with zero attached hydrogens (tertiary/aromatic N) is 8. The van der Waals surface area contributed by atoms with Gasteiger partial charge in [0.15, 0.2) is 11.5 Å². The third kappa shape index (κ3) is 3.29. The molecule has 1 aliphatic heterocycles. The Labute approximate surface area is 160 Å². The first kappa shape index (κ1) is 17.6. The predicted octanol–water partition coefficient (Wildman–Crippen LogP) is 0.868. The van der Waals surface area contributed by atoms with Crippen LogP contribution < -0.4 is 10.6 Å². The fraction of sp³-hybridized carbons (Fsp3) is 0.500. The Balaban J connectivity index is 1.49. The van der Waals surface area contributed by atoms with Gasteiger partial charge in [-0.15, -0.1) is 0 Å². The van der Waals surface area contributed by atoms with E-state index in [-0.39, 0.29) is 5.91 Å². The number of nitrogens with two attached hydrogens (primary N) is 1. The smallest absolute Gasteiger partial charge is 0.245 e. The van der Waals surface area contributed by atoms with Crippen molar-refractivity contribution in [1.29, 1.82) is 0 Å². The summed E-state index contributed by atoms with van der Waals surface area (Å²) in [5, 5.41) is 0.919. The molecule has 0 radical (unpaired) electrons. The zero-order valence-electron chi connectivity index (χ0n) is 15.2. The summed E-state index contributed by atoms with van der Waals surface area (Å²) in [5.74, 6) is 1.15. The zero-order valence-corrected chi connectivity index (χ0v) is 16.1. The minimum atomic E-state index is -0.417. The summed E-state index contributed by atoms with van der Waals surface area (Å²) in [7, 11) is 0. The Morgan fingerprint density at radius 2 is 2.07 bits per heavy atom. The van der Waals surface area contributed by atoms with Gasteiger partial charge in [-0.2, -0.15) is 4.37 Å². The zero-order chi connectivity index (χ0) is 19.0. The molecule has 3 aromatic rings. The quantitative estimate of drug-likeness (QED) is 0.703. The highest BCUT2D eigenvalue weighted by atomic mass is 32.1. The molecule has 4 rings (SSSR count). The molecule has 0 bridgehead atoms. The van der Waals surface area contributed by atoms with Gasteiger partial charge in [-0.3, -0.25) is 4.79 Å². The molecule has 1 atom stereocenters. The summed E-state index contributed by atoms with van der Waals surface area (Å²) in [6.07, 6.45) is 3.88.